The van der Waals surface area contributed by atoms with Gasteiger partial charge in [0.25, 0.3) is 5.69 Å². The smallest absolute Gasteiger partial charge is 0.274 e. The average molecular weight is 253 g/mol. The lowest BCUT2D eigenvalue weighted by Gasteiger charge is -2.08. The number of hydrogen-bond donors (Lipinski definition) is 2. The molecular weight excluding hydrogens is 234 g/mol. The molecule has 6 nitrogen and oxygen atoms in total. The van der Waals surface area contributed by atoms with Gasteiger partial charge < -0.3 is 15.4 Å². The number of methoxy groups -OCH3 is 1. The van der Waals surface area contributed by atoms with E-state index >= 15 is 0 Å². The zero-order chi connectivity index (χ0) is 13.4. The van der Waals surface area contributed by atoms with Crippen LogP contribution in [0.1, 0.15) is 5.56 Å². The normalized spacial score (nSPS) is 10.3. The van der Waals surface area contributed by atoms with Crippen molar-refractivity contribution in [3.05, 3.63) is 33.9 Å². The van der Waals surface area contributed by atoms with E-state index in [9.17, 15) is 10.1 Å². The van der Waals surface area contributed by atoms with Crippen molar-refractivity contribution in [2.24, 2.45) is 0 Å². The van der Waals surface area contributed by atoms with Crippen molar-refractivity contribution in [2.45, 2.75) is 6.92 Å². The molecule has 18 heavy (non-hydrogen) atoms. The molecule has 1 aromatic rings. The van der Waals surface area contributed by atoms with Crippen molar-refractivity contribution in [2.75, 3.05) is 38.7 Å². The van der Waals surface area contributed by atoms with Gasteiger partial charge in [0.15, 0.2) is 0 Å². The SMILES string of the molecule is COCCNCCNc1ccc(C)c([N+](=O)[O-])c1. The van der Waals surface area contributed by atoms with E-state index in [1.165, 1.54) is 0 Å². The Balaban J connectivity index is 2.38. The van der Waals surface area contributed by atoms with Crippen LogP contribution in [0.15, 0.2) is 18.2 Å². The molecule has 0 bridgehead atoms. The fraction of sp³-hybridized carbons (Fsp3) is 0.500. The maximum atomic E-state index is 10.8. The fourth-order valence-electron chi connectivity index (χ4n) is 1.51. The van der Waals surface area contributed by atoms with Gasteiger partial charge in [0.2, 0.25) is 0 Å². The van der Waals surface area contributed by atoms with Gasteiger partial charge in [0.1, 0.15) is 0 Å². The van der Waals surface area contributed by atoms with Crippen LogP contribution in [-0.2, 0) is 4.74 Å². The maximum Gasteiger partial charge on any atom is 0.274 e. The summed E-state index contributed by atoms with van der Waals surface area (Å²) in [5, 5.41) is 17.1. The summed E-state index contributed by atoms with van der Waals surface area (Å²) in [4.78, 5) is 10.4. The van der Waals surface area contributed by atoms with Gasteiger partial charge in [0, 0.05) is 44.1 Å². The monoisotopic (exact) mass is 253 g/mol. The molecule has 0 unspecified atom stereocenters. The van der Waals surface area contributed by atoms with Crippen molar-refractivity contribution < 1.29 is 9.66 Å². The van der Waals surface area contributed by atoms with Crippen molar-refractivity contribution in [1.29, 1.82) is 0 Å². The van der Waals surface area contributed by atoms with Crippen molar-refractivity contribution in [3.63, 3.8) is 0 Å². The summed E-state index contributed by atoms with van der Waals surface area (Å²) >= 11 is 0. The zero-order valence-corrected chi connectivity index (χ0v) is 10.7. The topological polar surface area (TPSA) is 76.4 Å². The Hall–Kier alpha value is -1.66. The highest BCUT2D eigenvalue weighted by Crippen LogP contribution is 2.21. The molecule has 6 heteroatoms. The van der Waals surface area contributed by atoms with E-state index in [0.717, 1.165) is 18.8 Å². The third kappa shape index (κ3) is 4.68. The summed E-state index contributed by atoms with van der Waals surface area (Å²) in [5.74, 6) is 0. The highest BCUT2D eigenvalue weighted by molar-refractivity contribution is 5.54. The van der Waals surface area contributed by atoms with Gasteiger partial charge in [0.05, 0.1) is 11.5 Å². The average Bonchev–Trinajstić information content (AvgIpc) is 2.35. The third-order valence-electron chi connectivity index (χ3n) is 2.52. The molecule has 100 valence electrons. The molecule has 0 aliphatic heterocycles. The molecule has 0 saturated carbocycles. The number of nitrogens with zero attached hydrogens (tertiary/aromatic N) is 1. The second kappa shape index (κ2) is 7.62. The van der Waals surface area contributed by atoms with Crippen molar-refractivity contribution in [1.82, 2.24) is 5.32 Å². The minimum absolute atomic E-state index is 0.146. The van der Waals surface area contributed by atoms with E-state index < -0.39 is 0 Å². The molecule has 1 aromatic carbocycles. The molecule has 0 fully saturated rings. The molecule has 0 saturated heterocycles. The van der Waals surface area contributed by atoms with Crippen molar-refractivity contribution >= 4 is 11.4 Å². The molecule has 2 N–H and O–H groups in total. The number of nitro groups is 1. The van der Waals surface area contributed by atoms with Gasteiger partial charge in [-0.1, -0.05) is 6.07 Å². The first-order chi connectivity index (χ1) is 8.65. The van der Waals surface area contributed by atoms with Gasteiger partial charge >= 0.3 is 0 Å². The standard InChI is InChI=1S/C12H19N3O3/c1-10-3-4-11(9-12(10)15(16)17)14-6-5-13-7-8-18-2/h3-4,9,13-14H,5-8H2,1-2H3. The second-order valence-electron chi connectivity index (χ2n) is 3.93. The lowest BCUT2D eigenvalue weighted by atomic mass is 10.2. The number of nitro benzene ring substituents is 1. The summed E-state index contributed by atoms with van der Waals surface area (Å²) < 4.78 is 4.90. The summed E-state index contributed by atoms with van der Waals surface area (Å²) in [7, 11) is 1.66. The maximum absolute atomic E-state index is 10.8. The minimum atomic E-state index is -0.364. The molecule has 0 amide bonds. The second-order valence-corrected chi connectivity index (χ2v) is 3.93. The van der Waals surface area contributed by atoms with E-state index in [2.05, 4.69) is 10.6 Å². The first kappa shape index (κ1) is 14.4. The lowest BCUT2D eigenvalue weighted by Crippen LogP contribution is -2.25. The summed E-state index contributed by atoms with van der Waals surface area (Å²) in [6.07, 6.45) is 0. The number of ether oxygens (including phenoxy) is 1. The van der Waals surface area contributed by atoms with Crippen LogP contribution in [0.5, 0.6) is 0 Å². The Morgan fingerprint density at radius 1 is 1.33 bits per heavy atom. The van der Waals surface area contributed by atoms with Crippen molar-refractivity contribution in [3.8, 4) is 0 Å². The predicted octanol–water partition coefficient (Wildman–Crippen LogP) is 1.55. The van der Waals surface area contributed by atoms with Crippen LogP contribution in [-0.4, -0.2) is 38.3 Å². The van der Waals surface area contributed by atoms with E-state index in [1.54, 1.807) is 26.2 Å². The van der Waals surface area contributed by atoms with Crippen LogP contribution < -0.4 is 10.6 Å². The van der Waals surface area contributed by atoms with E-state index in [0.29, 0.717) is 18.7 Å². The van der Waals surface area contributed by atoms with Crippen LogP contribution in [0.3, 0.4) is 0 Å². The Morgan fingerprint density at radius 2 is 2.11 bits per heavy atom. The third-order valence-corrected chi connectivity index (χ3v) is 2.52. The number of rotatable bonds is 8. The quantitative estimate of drug-likeness (QED) is 0.417. The van der Waals surface area contributed by atoms with Crippen LogP contribution in [0.25, 0.3) is 0 Å². The van der Waals surface area contributed by atoms with Gasteiger partial charge in [-0.15, -0.1) is 0 Å². The first-order valence-corrected chi connectivity index (χ1v) is 5.83. The van der Waals surface area contributed by atoms with Gasteiger partial charge in [-0.2, -0.15) is 0 Å². The highest BCUT2D eigenvalue weighted by atomic mass is 16.6. The molecule has 0 aliphatic carbocycles. The van der Waals surface area contributed by atoms with Crippen LogP contribution in [0.2, 0.25) is 0 Å². The van der Waals surface area contributed by atoms with E-state index in [4.69, 9.17) is 4.74 Å². The molecule has 0 spiro atoms. The number of nitrogens with one attached hydrogen (secondary N) is 2. The number of benzene rings is 1. The zero-order valence-electron chi connectivity index (χ0n) is 10.7. The Labute approximate surface area is 106 Å². The summed E-state index contributed by atoms with van der Waals surface area (Å²) in [6, 6.07) is 5.15. The number of aryl methyl sites for hydroxylation is 1. The Morgan fingerprint density at radius 3 is 2.78 bits per heavy atom. The van der Waals surface area contributed by atoms with Crippen LogP contribution in [0.4, 0.5) is 11.4 Å². The fourth-order valence-corrected chi connectivity index (χ4v) is 1.51. The lowest BCUT2D eigenvalue weighted by molar-refractivity contribution is -0.385. The number of anilines is 1. The largest absolute Gasteiger partial charge is 0.384 e. The Kier molecular flexibility index (Phi) is 6.10. The highest BCUT2D eigenvalue weighted by Gasteiger charge is 2.10. The van der Waals surface area contributed by atoms with E-state index in [1.807, 2.05) is 6.07 Å². The van der Waals surface area contributed by atoms with E-state index in [-0.39, 0.29) is 10.6 Å². The molecule has 1 rings (SSSR count). The first-order valence-electron chi connectivity index (χ1n) is 5.83. The van der Waals surface area contributed by atoms with Gasteiger partial charge in [-0.25, -0.2) is 0 Å². The molecule has 0 aromatic heterocycles. The predicted molar refractivity (Wildman–Crippen MR) is 71.1 cm³/mol. The summed E-state index contributed by atoms with van der Waals surface area (Å²) in [5.41, 5.74) is 1.58. The van der Waals surface area contributed by atoms with Gasteiger partial charge in [-0.05, 0) is 13.0 Å². The molecule has 0 aliphatic rings. The summed E-state index contributed by atoms with van der Waals surface area (Å²) in [6.45, 7) is 4.70. The molecule has 0 radical (unpaired) electrons. The number of hydrogen-bond acceptors (Lipinski definition) is 5. The molecular formula is C12H19N3O3. The van der Waals surface area contributed by atoms with Crippen LogP contribution >= 0.6 is 0 Å². The van der Waals surface area contributed by atoms with Gasteiger partial charge in [-0.3, -0.25) is 10.1 Å². The Bertz CT molecular complexity index is 396. The molecule has 0 heterocycles. The van der Waals surface area contributed by atoms with Crippen LogP contribution in [0, 0.1) is 17.0 Å². The molecule has 0 atom stereocenters. The minimum Gasteiger partial charge on any atom is -0.384 e.